The molecule has 1 unspecified atom stereocenters. The molecule has 1 aromatic heterocycles. The molecule has 4 nitrogen and oxygen atoms in total. The minimum Gasteiger partial charge on any atom is -0.377 e. The van der Waals surface area contributed by atoms with Crippen molar-refractivity contribution in [3.63, 3.8) is 0 Å². The smallest absolute Gasteiger partial charge is 0.130 e. The Labute approximate surface area is 154 Å². The summed E-state index contributed by atoms with van der Waals surface area (Å²) in [5, 5.41) is 4.37. The summed E-state index contributed by atoms with van der Waals surface area (Å²) >= 11 is 0. The van der Waals surface area contributed by atoms with Crippen LogP contribution in [0.3, 0.4) is 0 Å². The van der Waals surface area contributed by atoms with Crippen LogP contribution >= 0.6 is 0 Å². The lowest BCUT2D eigenvalue weighted by Crippen LogP contribution is -2.10. The monoisotopic (exact) mass is 348 g/mol. The van der Waals surface area contributed by atoms with Crippen molar-refractivity contribution >= 4 is 11.4 Å². The maximum Gasteiger partial charge on any atom is 0.130 e. The summed E-state index contributed by atoms with van der Waals surface area (Å²) in [5.74, 6) is 0.558. The fourth-order valence-corrected chi connectivity index (χ4v) is 2.47. The number of nitrogens with zero attached hydrogens (tertiary/aromatic N) is 2. The number of allylic oxidation sites excluding steroid dienone is 4. The van der Waals surface area contributed by atoms with E-state index in [1.165, 1.54) is 0 Å². The van der Waals surface area contributed by atoms with E-state index in [2.05, 4.69) is 23.3 Å². The van der Waals surface area contributed by atoms with Gasteiger partial charge in [0.05, 0.1) is 25.5 Å². The van der Waals surface area contributed by atoms with Gasteiger partial charge in [0, 0.05) is 18.2 Å². The fourth-order valence-electron chi connectivity index (χ4n) is 2.47. The SMILES string of the molecule is CC.CC.CC(=O)CC1C=C(c2cnn(CCOC(C)C)c2)C=CC1. The molecule has 1 aliphatic rings. The number of ether oxygens (including phenoxy) is 1. The topological polar surface area (TPSA) is 44.1 Å². The Morgan fingerprint density at radius 3 is 2.60 bits per heavy atom. The first kappa shape index (κ1) is 23.3. The second-order valence-electron chi connectivity index (χ2n) is 5.84. The maximum absolute atomic E-state index is 11.2. The second-order valence-corrected chi connectivity index (χ2v) is 5.84. The first-order valence-corrected chi connectivity index (χ1v) is 9.57. The molecule has 0 amide bonds. The third kappa shape index (κ3) is 9.40. The zero-order valence-electron chi connectivity index (χ0n) is 17.1. The van der Waals surface area contributed by atoms with Crippen LogP contribution in [0.4, 0.5) is 0 Å². The molecule has 0 bridgehead atoms. The average molecular weight is 349 g/mol. The number of carbonyl (C=O) groups is 1. The zero-order valence-corrected chi connectivity index (χ0v) is 17.1. The third-order valence-electron chi connectivity index (χ3n) is 3.44. The number of hydrogen-bond donors (Lipinski definition) is 0. The van der Waals surface area contributed by atoms with E-state index in [1.807, 2.05) is 58.6 Å². The Balaban J connectivity index is 0.00000134. The van der Waals surface area contributed by atoms with Crippen LogP contribution < -0.4 is 0 Å². The van der Waals surface area contributed by atoms with Gasteiger partial charge in [-0.1, -0.05) is 45.9 Å². The lowest BCUT2D eigenvalue weighted by molar-refractivity contribution is -0.117. The van der Waals surface area contributed by atoms with E-state index >= 15 is 0 Å². The van der Waals surface area contributed by atoms with Gasteiger partial charge in [-0.2, -0.15) is 5.10 Å². The van der Waals surface area contributed by atoms with Gasteiger partial charge in [0.25, 0.3) is 0 Å². The van der Waals surface area contributed by atoms with Crippen LogP contribution in [0.2, 0.25) is 0 Å². The minimum atomic E-state index is 0.243. The summed E-state index contributed by atoms with van der Waals surface area (Å²) < 4.78 is 7.44. The molecule has 0 aliphatic heterocycles. The molecule has 1 atom stereocenters. The van der Waals surface area contributed by atoms with Crippen molar-refractivity contribution in [1.29, 1.82) is 0 Å². The molecule has 1 aliphatic carbocycles. The molecule has 0 fully saturated rings. The molecule has 1 aromatic rings. The number of carbonyl (C=O) groups excluding carboxylic acids is 1. The Hall–Kier alpha value is -1.68. The highest BCUT2D eigenvalue weighted by Crippen LogP contribution is 2.26. The van der Waals surface area contributed by atoms with Crippen molar-refractivity contribution in [1.82, 2.24) is 9.78 Å². The summed E-state index contributed by atoms with van der Waals surface area (Å²) in [6.45, 7) is 15.1. The maximum atomic E-state index is 11.2. The summed E-state index contributed by atoms with van der Waals surface area (Å²) in [6.07, 6.45) is 12.2. The quantitative estimate of drug-likeness (QED) is 0.671. The van der Waals surface area contributed by atoms with Crippen molar-refractivity contribution in [2.75, 3.05) is 6.61 Å². The lowest BCUT2D eigenvalue weighted by Gasteiger charge is -2.14. The number of hydrogen-bond acceptors (Lipinski definition) is 3. The summed E-state index contributed by atoms with van der Waals surface area (Å²) in [4.78, 5) is 11.2. The average Bonchev–Trinajstić information content (AvgIpc) is 3.07. The molecule has 0 N–H and O–H groups in total. The van der Waals surface area contributed by atoms with Gasteiger partial charge < -0.3 is 9.53 Å². The molecule has 0 aromatic carbocycles. The number of aromatic nitrogens is 2. The third-order valence-corrected chi connectivity index (χ3v) is 3.44. The highest BCUT2D eigenvalue weighted by atomic mass is 16.5. The molecule has 0 spiro atoms. The van der Waals surface area contributed by atoms with Crippen LogP contribution in [-0.2, 0) is 16.1 Å². The van der Waals surface area contributed by atoms with Crippen LogP contribution in [-0.4, -0.2) is 28.3 Å². The highest BCUT2D eigenvalue weighted by Gasteiger charge is 2.13. The molecule has 0 saturated heterocycles. The fraction of sp³-hybridized carbons (Fsp3) is 0.619. The second kappa shape index (κ2) is 13.6. The molecule has 0 saturated carbocycles. The van der Waals surface area contributed by atoms with Crippen LogP contribution in [0, 0.1) is 5.92 Å². The van der Waals surface area contributed by atoms with Gasteiger partial charge in [-0.15, -0.1) is 0 Å². The number of rotatable bonds is 7. The van der Waals surface area contributed by atoms with E-state index in [1.54, 1.807) is 6.92 Å². The molecule has 0 radical (unpaired) electrons. The molecule has 142 valence electrons. The predicted octanol–water partition coefficient (Wildman–Crippen LogP) is 5.30. The van der Waals surface area contributed by atoms with Gasteiger partial charge in [0.1, 0.15) is 5.78 Å². The molecular formula is C21H36N2O2. The van der Waals surface area contributed by atoms with Crippen LogP contribution in [0.1, 0.15) is 66.9 Å². The summed E-state index contributed by atoms with van der Waals surface area (Å²) in [7, 11) is 0. The Kier molecular flexibility index (Phi) is 12.7. The summed E-state index contributed by atoms with van der Waals surface area (Å²) in [6, 6.07) is 0. The van der Waals surface area contributed by atoms with Gasteiger partial charge >= 0.3 is 0 Å². The molecule has 4 heteroatoms. The summed E-state index contributed by atoms with van der Waals surface area (Å²) in [5.41, 5.74) is 2.26. The Morgan fingerprint density at radius 2 is 2.00 bits per heavy atom. The van der Waals surface area contributed by atoms with Gasteiger partial charge in [-0.3, -0.25) is 4.68 Å². The van der Waals surface area contributed by atoms with Gasteiger partial charge in [-0.25, -0.2) is 0 Å². The first-order chi connectivity index (χ1) is 12.0. The normalized spacial score (nSPS) is 15.7. The van der Waals surface area contributed by atoms with Crippen molar-refractivity contribution in [2.24, 2.45) is 5.92 Å². The van der Waals surface area contributed by atoms with E-state index in [0.717, 1.165) is 24.1 Å². The number of ketones is 1. The van der Waals surface area contributed by atoms with Crippen LogP contribution in [0.15, 0.2) is 30.6 Å². The number of Topliss-reactive ketones (excluding diaryl/α,β-unsaturated/α-hetero) is 1. The van der Waals surface area contributed by atoms with E-state index in [9.17, 15) is 4.79 Å². The van der Waals surface area contributed by atoms with Gasteiger partial charge in [0.15, 0.2) is 0 Å². The Bertz CT molecular complexity index is 542. The minimum absolute atomic E-state index is 0.243. The Morgan fingerprint density at radius 1 is 1.32 bits per heavy atom. The molecule has 25 heavy (non-hydrogen) atoms. The van der Waals surface area contributed by atoms with Crippen molar-refractivity contribution in [3.8, 4) is 0 Å². The van der Waals surface area contributed by atoms with E-state index in [4.69, 9.17) is 4.74 Å². The van der Waals surface area contributed by atoms with E-state index < -0.39 is 0 Å². The van der Waals surface area contributed by atoms with Crippen molar-refractivity contribution in [3.05, 3.63) is 36.2 Å². The lowest BCUT2D eigenvalue weighted by atomic mass is 9.90. The van der Waals surface area contributed by atoms with Crippen LogP contribution in [0.5, 0.6) is 0 Å². The molecule has 1 heterocycles. The predicted molar refractivity (Wildman–Crippen MR) is 107 cm³/mol. The first-order valence-electron chi connectivity index (χ1n) is 9.57. The largest absolute Gasteiger partial charge is 0.377 e. The van der Waals surface area contributed by atoms with Crippen LogP contribution in [0.25, 0.3) is 5.57 Å². The van der Waals surface area contributed by atoms with Gasteiger partial charge in [-0.05, 0) is 38.7 Å². The highest BCUT2D eigenvalue weighted by molar-refractivity contribution is 5.78. The van der Waals surface area contributed by atoms with E-state index in [-0.39, 0.29) is 11.9 Å². The molecule has 2 rings (SSSR count). The van der Waals surface area contributed by atoms with Crippen molar-refractivity contribution in [2.45, 2.75) is 74.0 Å². The van der Waals surface area contributed by atoms with Gasteiger partial charge in [0.2, 0.25) is 0 Å². The zero-order chi connectivity index (χ0) is 19.2. The standard InChI is InChI=1S/C17H24N2O2.2C2H6/c1-13(2)21-8-7-19-12-17(11-18-19)16-6-4-5-15(10-16)9-14(3)20;2*1-2/h4,6,10-13,15H,5,7-9H2,1-3H3;2*1-2H3. The van der Waals surface area contributed by atoms with E-state index in [0.29, 0.717) is 18.9 Å². The molecular weight excluding hydrogens is 312 g/mol. The van der Waals surface area contributed by atoms with Crippen molar-refractivity contribution < 1.29 is 9.53 Å².